The fourth-order valence-corrected chi connectivity index (χ4v) is 4.18. The minimum absolute atomic E-state index is 0.0299. The van der Waals surface area contributed by atoms with Gasteiger partial charge in [-0.15, -0.1) is 0 Å². The largest absolute Gasteiger partial charge is 0.504 e. The molecule has 2 atom stereocenters. The maximum absolute atomic E-state index is 9.75. The maximum atomic E-state index is 9.75. The topological polar surface area (TPSA) is 40.5 Å². The molecule has 0 radical (unpaired) electrons. The van der Waals surface area contributed by atoms with Crippen molar-refractivity contribution in [3.05, 3.63) is 23.3 Å². The Morgan fingerprint density at radius 3 is 2.61 bits per heavy atom. The first-order valence-electron chi connectivity index (χ1n) is 7.04. The van der Waals surface area contributed by atoms with Gasteiger partial charge in [0.05, 0.1) is 0 Å². The van der Waals surface area contributed by atoms with Crippen LogP contribution in [-0.4, -0.2) is 10.2 Å². The van der Waals surface area contributed by atoms with Gasteiger partial charge in [-0.25, -0.2) is 0 Å². The molecule has 18 heavy (non-hydrogen) atoms. The van der Waals surface area contributed by atoms with E-state index in [9.17, 15) is 10.2 Å². The van der Waals surface area contributed by atoms with Gasteiger partial charge in [0.15, 0.2) is 11.5 Å². The van der Waals surface area contributed by atoms with Gasteiger partial charge < -0.3 is 10.2 Å². The van der Waals surface area contributed by atoms with Crippen molar-refractivity contribution in [2.45, 2.75) is 51.9 Å². The highest BCUT2D eigenvalue weighted by molar-refractivity contribution is 5.48. The SMILES string of the molecule is CC1(C)CCC[C@@H]2c3cc(O)c(O)cc3CC[C@H]21. The lowest BCUT2D eigenvalue weighted by molar-refractivity contribution is 0.0970. The number of benzene rings is 1. The molecule has 0 aromatic heterocycles. The van der Waals surface area contributed by atoms with Gasteiger partial charge >= 0.3 is 0 Å². The zero-order valence-electron chi connectivity index (χ0n) is 11.2. The van der Waals surface area contributed by atoms with Crippen LogP contribution in [0, 0.1) is 11.3 Å². The van der Waals surface area contributed by atoms with Crippen molar-refractivity contribution in [2.75, 3.05) is 0 Å². The van der Waals surface area contributed by atoms with Crippen molar-refractivity contribution in [3.8, 4) is 11.5 Å². The van der Waals surface area contributed by atoms with Crippen molar-refractivity contribution in [1.29, 1.82) is 0 Å². The van der Waals surface area contributed by atoms with Crippen LogP contribution in [0.4, 0.5) is 0 Å². The van der Waals surface area contributed by atoms with Crippen molar-refractivity contribution >= 4 is 0 Å². The first-order valence-corrected chi connectivity index (χ1v) is 7.04. The Kier molecular flexibility index (Phi) is 2.58. The fraction of sp³-hybridized carbons (Fsp3) is 0.625. The third-order valence-electron chi connectivity index (χ3n) is 5.19. The Morgan fingerprint density at radius 2 is 1.83 bits per heavy atom. The summed E-state index contributed by atoms with van der Waals surface area (Å²) in [5.74, 6) is 1.37. The summed E-state index contributed by atoms with van der Waals surface area (Å²) < 4.78 is 0. The molecule has 2 nitrogen and oxygen atoms in total. The Hall–Kier alpha value is -1.18. The van der Waals surface area contributed by atoms with Gasteiger partial charge in [0.2, 0.25) is 0 Å². The monoisotopic (exact) mass is 246 g/mol. The van der Waals surface area contributed by atoms with Crippen LogP contribution in [-0.2, 0) is 6.42 Å². The highest BCUT2D eigenvalue weighted by Gasteiger charge is 2.42. The summed E-state index contributed by atoms with van der Waals surface area (Å²) in [7, 11) is 0. The van der Waals surface area contributed by atoms with Crippen LogP contribution < -0.4 is 0 Å². The molecule has 1 fully saturated rings. The lowest BCUT2D eigenvalue weighted by Gasteiger charge is -2.47. The van der Waals surface area contributed by atoms with Gasteiger partial charge in [-0.2, -0.15) is 0 Å². The third kappa shape index (κ3) is 1.70. The number of fused-ring (bicyclic) bond motifs is 3. The van der Waals surface area contributed by atoms with Crippen LogP contribution in [0.3, 0.4) is 0 Å². The first-order chi connectivity index (χ1) is 8.49. The Bertz CT molecular complexity index is 476. The normalized spacial score (nSPS) is 29.4. The minimum atomic E-state index is 0.0299. The second kappa shape index (κ2) is 3.91. The molecule has 0 unspecified atom stereocenters. The second-order valence-corrected chi connectivity index (χ2v) is 6.67. The van der Waals surface area contributed by atoms with E-state index >= 15 is 0 Å². The molecule has 0 saturated heterocycles. The molecule has 0 aliphatic heterocycles. The molecule has 2 N–H and O–H groups in total. The van der Waals surface area contributed by atoms with Crippen LogP contribution >= 0.6 is 0 Å². The zero-order chi connectivity index (χ0) is 12.9. The molecule has 2 heteroatoms. The number of phenols is 2. The van der Waals surface area contributed by atoms with Crippen LogP contribution in [0.25, 0.3) is 0 Å². The van der Waals surface area contributed by atoms with Gasteiger partial charge in [-0.05, 0) is 66.2 Å². The summed E-state index contributed by atoms with van der Waals surface area (Å²) >= 11 is 0. The van der Waals surface area contributed by atoms with Gasteiger partial charge in [0.1, 0.15) is 0 Å². The maximum Gasteiger partial charge on any atom is 0.157 e. The predicted molar refractivity (Wildman–Crippen MR) is 72.0 cm³/mol. The third-order valence-corrected chi connectivity index (χ3v) is 5.19. The predicted octanol–water partition coefficient (Wildman–Crippen LogP) is 3.95. The van der Waals surface area contributed by atoms with Crippen molar-refractivity contribution in [1.82, 2.24) is 0 Å². The van der Waals surface area contributed by atoms with Crippen LogP contribution in [0.2, 0.25) is 0 Å². The molecule has 2 aliphatic rings. The van der Waals surface area contributed by atoms with E-state index in [1.54, 1.807) is 6.07 Å². The molecule has 0 bridgehead atoms. The molecule has 0 amide bonds. The number of hydrogen-bond donors (Lipinski definition) is 2. The molecule has 1 saturated carbocycles. The molecule has 1 aromatic rings. The quantitative estimate of drug-likeness (QED) is 0.680. The number of phenolic OH excluding ortho intramolecular Hbond substituents is 2. The molecular formula is C16H22O2. The van der Waals surface area contributed by atoms with Crippen LogP contribution in [0.5, 0.6) is 11.5 Å². The average molecular weight is 246 g/mol. The Labute approximate surface area is 109 Å². The molecule has 98 valence electrons. The van der Waals surface area contributed by atoms with Crippen LogP contribution in [0.1, 0.15) is 56.6 Å². The molecular weight excluding hydrogens is 224 g/mol. The summed E-state index contributed by atoms with van der Waals surface area (Å²) in [5.41, 5.74) is 2.94. The van der Waals surface area contributed by atoms with Crippen molar-refractivity contribution < 1.29 is 10.2 Å². The van der Waals surface area contributed by atoms with Gasteiger partial charge in [0, 0.05) is 0 Å². The summed E-state index contributed by atoms with van der Waals surface area (Å²) in [6.45, 7) is 4.77. The molecule has 2 aliphatic carbocycles. The van der Waals surface area contributed by atoms with E-state index in [0.717, 1.165) is 12.3 Å². The highest BCUT2D eigenvalue weighted by Crippen LogP contribution is 2.54. The number of aryl methyl sites for hydroxylation is 1. The lowest BCUT2D eigenvalue weighted by atomic mass is 9.57. The van der Waals surface area contributed by atoms with Crippen molar-refractivity contribution in [3.63, 3.8) is 0 Å². The Balaban J connectivity index is 2.05. The molecule has 0 spiro atoms. The lowest BCUT2D eigenvalue weighted by Crippen LogP contribution is -2.36. The standard InChI is InChI=1S/C16H22O2/c1-16(2)7-3-4-11-12-9-15(18)14(17)8-10(12)5-6-13(11)16/h8-9,11,13,17-18H,3-7H2,1-2H3/t11-,13-/m1/s1. The molecule has 1 aromatic carbocycles. The van der Waals surface area contributed by atoms with E-state index < -0.39 is 0 Å². The number of aromatic hydroxyl groups is 2. The van der Waals surface area contributed by atoms with Gasteiger partial charge in [0.25, 0.3) is 0 Å². The van der Waals surface area contributed by atoms with Crippen LogP contribution in [0.15, 0.2) is 12.1 Å². The molecule has 3 rings (SSSR count). The van der Waals surface area contributed by atoms with E-state index in [2.05, 4.69) is 13.8 Å². The number of rotatable bonds is 0. The second-order valence-electron chi connectivity index (χ2n) is 6.67. The fourth-order valence-electron chi connectivity index (χ4n) is 4.18. The highest BCUT2D eigenvalue weighted by atomic mass is 16.3. The summed E-state index contributed by atoms with van der Waals surface area (Å²) in [5, 5.41) is 19.4. The summed E-state index contributed by atoms with van der Waals surface area (Å²) in [4.78, 5) is 0. The summed E-state index contributed by atoms with van der Waals surface area (Å²) in [6.07, 6.45) is 6.07. The van der Waals surface area contributed by atoms with Gasteiger partial charge in [-0.1, -0.05) is 20.3 Å². The molecule has 0 heterocycles. The van der Waals surface area contributed by atoms with Gasteiger partial charge in [-0.3, -0.25) is 0 Å². The van der Waals surface area contributed by atoms with E-state index in [-0.39, 0.29) is 11.5 Å². The summed E-state index contributed by atoms with van der Waals surface area (Å²) in [6, 6.07) is 3.57. The first kappa shape index (κ1) is 11.9. The van der Waals surface area contributed by atoms with E-state index in [1.807, 2.05) is 6.07 Å². The van der Waals surface area contributed by atoms with E-state index in [4.69, 9.17) is 0 Å². The zero-order valence-corrected chi connectivity index (χ0v) is 11.2. The van der Waals surface area contributed by atoms with Crippen molar-refractivity contribution in [2.24, 2.45) is 11.3 Å². The van der Waals surface area contributed by atoms with E-state index in [1.165, 1.54) is 36.8 Å². The smallest absolute Gasteiger partial charge is 0.157 e. The number of hydrogen-bond acceptors (Lipinski definition) is 2. The van der Waals surface area contributed by atoms with E-state index in [0.29, 0.717) is 11.3 Å². The Morgan fingerprint density at radius 1 is 1.11 bits per heavy atom. The minimum Gasteiger partial charge on any atom is -0.504 e. The average Bonchev–Trinajstić information content (AvgIpc) is 2.30.